The molecule has 1 atom stereocenters. The summed E-state index contributed by atoms with van der Waals surface area (Å²) in [5.74, 6) is 0. The minimum Gasteiger partial charge on any atom is -0.326 e. The van der Waals surface area contributed by atoms with E-state index >= 15 is 0 Å². The minimum absolute atomic E-state index is 0.0223. The third-order valence-electron chi connectivity index (χ3n) is 6.49. The van der Waals surface area contributed by atoms with Gasteiger partial charge in [0.15, 0.2) is 5.66 Å². The standard InChI is InChI=1S/C19H27N5O/c1-2-19-15(12-21-24-19)17(22-13-6-3-4-7-13)14(11-20-19)16-10-18(25-23-16)8-5-9-18/h11-13,21,23-24H,2-10H2,1H3/b16-14+,22-17?. The number of hydrogen-bond donors (Lipinski definition) is 3. The van der Waals surface area contributed by atoms with Gasteiger partial charge in [-0.05, 0) is 38.5 Å². The van der Waals surface area contributed by atoms with Crippen LogP contribution in [-0.2, 0) is 4.84 Å². The predicted molar refractivity (Wildman–Crippen MR) is 98.0 cm³/mol. The molecule has 1 unspecified atom stereocenters. The first-order valence-corrected chi connectivity index (χ1v) is 9.78. The van der Waals surface area contributed by atoms with Gasteiger partial charge in [0.25, 0.3) is 0 Å². The Balaban J connectivity index is 1.58. The van der Waals surface area contributed by atoms with Gasteiger partial charge in [0.05, 0.1) is 17.5 Å². The quantitative estimate of drug-likeness (QED) is 0.722. The zero-order valence-corrected chi connectivity index (χ0v) is 14.9. The van der Waals surface area contributed by atoms with E-state index in [1.807, 2.05) is 12.4 Å². The maximum atomic E-state index is 5.95. The van der Waals surface area contributed by atoms with Gasteiger partial charge >= 0.3 is 0 Å². The lowest BCUT2D eigenvalue weighted by molar-refractivity contribution is -0.0997. The molecule has 134 valence electrons. The predicted octanol–water partition coefficient (Wildman–Crippen LogP) is 2.65. The van der Waals surface area contributed by atoms with Crippen LogP contribution in [0.1, 0.15) is 64.7 Å². The number of allylic oxidation sites excluding steroid dienone is 1. The molecular weight excluding hydrogens is 314 g/mol. The number of rotatable bonds is 2. The minimum atomic E-state index is -0.380. The van der Waals surface area contributed by atoms with Crippen molar-refractivity contribution in [3.63, 3.8) is 0 Å². The van der Waals surface area contributed by atoms with E-state index in [2.05, 4.69) is 23.3 Å². The van der Waals surface area contributed by atoms with E-state index in [1.54, 1.807) is 0 Å². The molecule has 0 bridgehead atoms. The smallest absolute Gasteiger partial charge is 0.155 e. The molecule has 2 saturated carbocycles. The Morgan fingerprint density at radius 1 is 1.28 bits per heavy atom. The van der Waals surface area contributed by atoms with Crippen LogP contribution in [0, 0.1) is 0 Å². The van der Waals surface area contributed by atoms with Crippen molar-refractivity contribution in [2.75, 3.05) is 0 Å². The normalized spacial score (nSPS) is 37.8. The maximum absolute atomic E-state index is 5.95. The zero-order chi connectivity index (χ0) is 16.9. The Hall–Kier alpha value is -1.66. The van der Waals surface area contributed by atoms with Gasteiger partial charge in [-0.2, -0.15) is 0 Å². The number of hydrogen-bond acceptors (Lipinski definition) is 6. The molecule has 3 heterocycles. The fourth-order valence-corrected chi connectivity index (χ4v) is 4.67. The molecule has 0 amide bonds. The van der Waals surface area contributed by atoms with E-state index in [1.165, 1.54) is 37.7 Å². The van der Waals surface area contributed by atoms with Crippen molar-refractivity contribution >= 4 is 11.9 Å². The average Bonchev–Trinajstić information content (AvgIpc) is 3.33. The van der Waals surface area contributed by atoms with Crippen LogP contribution in [0.4, 0.5) is 0 Å². The number of nitrogens with zero attached hydrogens (tertiary/aromatic N) is 2. The topological polar surface area (TPSA) is 70.0 Å². The number of hydrazine groups is 1. The summed E-state index contributed by atoms with van der Waals surface area (Å²) < 4.78 is 0. The third kappa shape index (κ3) is 2.38. The van der Waals surface area contributed by atoms with E-state index in [0.717, 1.165) is 42.7 Å². The Morgan fingerprint density at radius 2 is 2.12 bits per heavy atom. The van der Waals surface area contributed by atoms with Crippen molar-refractivity contribution in [2.24, 2.45) is 9.98 Å². The summed E-state index contributed by atoms with van der Waals surface area (Å²) in [5, 5.41) is 0. The van der Waals surface area contributed by atoms with Gasteiger partial charge in [-0.25, -0.2) is 5.43 Å². The van der Waals surface area contributed by atoms with Crippen LogP contribution in [0.3, 0.4) is 0 Å². The van der Waals surface area contributed by atoms with E-state index in [4.69, 9.17) is 14.8 Å². The SMILES string of the molecule is CCC12N=C/C(=C3/CC4(CCC4)ON3)C(=NC3CCCC3)C1=CNN2. The van der Waals surface area contributed by atoms with Gasteiger partial charge in [-0.3, -0.25) is 20.3 Å². The lowest BCUT2D eigenvalue weighted by Gasteiger charge is -2.34. The van der Waals surface area contributed by atoms with Crippen molar-refractivity contribution in [3.8, 4) is 0 Å². The van der Waals surface area contributed by atoms with Crippen molar-refractivity contribution in [3.05, 3.63) is 23.0 Å². The molecule has 5 rings (SSSR count). The van der Waals surface area contributed by atoms with E-state index < -0.39 is 0 Å². The van der Waals surface area contributed by atoms with Crippen LogP contribution in [0.2, 0.25) is 0 Å². The summed E-state index contributed by atoms with van der Waals surface area (Å²) in [6, 6.07) is 0.438. The van der Waals surface area contributed by atoms with E-state index in [-0.39, 0.29) is 11.3 Å². The van der Waals surface area contributed by atoms with Crippen LogP contribution in [0.15, 0.2) is 33.0 Å². The van der Waals surface area contributed by atoms with Gasteiger partial charge < -0.3 is 5.43 Å². The second-order valence-corrected chi connectivity index (χ2v) is 8.03. The van der Waals surface area contributed by atoms with Crippen LogP contribution in [0.25, 0.3) is 0 Å². The fourth-order valence-electron chi connectivity index (χ4n) is 4.67. The summed E-state index contributed by atoms with van der Waals surface area (Å²) in [6.45, 7) is 2.16. The molecular formula is C19H27N5O. The number of fused-ring (bicyclic) bond motifs is 1. The lowest BCUT2D eigenvalue weighted by Crippen LogP contribution is -2.48. The molecule has 5 aliphatic rings. The number of hydroxylamine groups is 1. The first-order chi connectivity index (χ1) is 12.2. The van der Waals surface area contributed by atoms with Gasteiger partial charge in [0, 0.05) is 30.0 Å². The van der Waals surface area contributed by atoms with E-state index in [0.29, 0.717) is 6.04 Å². The Labute approximate surface area is 148 Å². The first kappa shape index (κ1) is 15.6. The third-order valence-corrected chi connectivity index (χ3v) is 6.49. The molecule has 6 heteroatoms. The van der Waals surface area contributed by atoms with Crippen molar-refractivity contribution < 1.29 is 4.84 Å². The molecule has 1 saturated heterocycles. The van der Waals surface area contributed by atoms with Crippen molar-refractivity contribution in [1.29, 1.82) is 0 Å². The monoisotopic (exact) mass is 341 g/mol. The highest BCUT2D eigenvalue weighted by atomic mass is 16.7. The number of nitrogens with one attached hydrogen (secondary N) is 3. The molecule has 0 aromatic carbocycles. The first-order valence-electron chi connectivity index (χ1n) is 9.78. The molecule has 3 N–H and O–H groups in total. The van der Waals surface area contributed by atoms with Crippen LogP contribution in [0.5, 0.6) is 0 Å². The Kier molecular flexibility index (Phi) is 3.54. The van der Waals surface area contributed by atoms with Gasteiger partial charge in [0.1, 0.15) is 5.60 Å². The molecule has 3 fully saturated rings. The molecule has 0 radical (unpaired) electrons. The summed E-state index contributed by atoms with van der Waals surface area (Å²) in [7, 11) is 0. The number of aliphatic imine (C=N–C) groups is 2. The van der Waals surface area contributed by atoms with Crippen molar-refractivity contribution in [2.45, 2.75) is 82.0 Å². The maximum Gasteiger partial charge on any atom is 0.155 e. The largest absolute Gasteiger partial charge is 0.326 e. The molecule has 2 aliphatic carbocycles. The van der Waals surface area contributed by atoms with Crippen LogP contribution in [-0.4, -0.2) is 29.2 Å². The molecule has 0 aromatic rings. The highest BCUT2D eigenvalue weighted by molar-refractivity contribution is 6.27. The van der Waals surface area contributed by atoms with Crippen molar-refractivity contribution in [1.82, 2.24) is 16.3 Å². The second kappa shape index (κ2) is 5.68. The van der Waals surface area contributed by atoms with Gasteiger partial charge in [-0.15, -0.1) is 0 Å². The molecule has 3 aliphatic heterocycles. The highest BCUT2D eigenvalue weighted by Gasteiger charge is 2.47. The van der Waals surface area contributed by atoms with Crippen LogP contribution < -0.4 is 16.3 Å². The van der Waals surface area contributed by atoms with E-state index in [9.17, 15) is 0 Å². The summed E-state index contributed by atoms with van der Waals surface area (Å²) in [4.78, 5) is 16.0. The average molecular weight is 341 g/mol. The molecule has 6 nitrogen and oxygen atoms in total. The Morgan fingerprint density at radius 3 is 2.80 bits per heavy atom. The molecule has 0 aromatic heterocycles. The Bertz CT molecular complexity index is 697. The summed E-state index contributed by atoms with van der Waals surface area (Å²) in [6.07, 6.45) is 14.4. The van der Waals surface area contributed by atoms with Crippen LogP contribution >= 0.6 is 0 Å². The molecule has 25 heavy (non-hydrogen) atoms. The highest BCUT2D eigenvalue weighted by Crippen LogP contribution is 2.45. The molecule has 1 spiro atoms. The summed E-state index contributed by atoms with van der Waals surface area (Å²) in [5.41, 5.74) is 13.9. The summed E-state index contributed by atoms with van der Waals surface area (Å²) >= 11 is 0. The lowest BCUT2D eigenvalue weighted by atomic mass is 9.76. The fraction of sp³-hybridized carbons (Fsp3) is 0.684. The van der Waals surface area contributed by atoms with Gasteiger partial charge in [0.2, 0.25) is 0 Å². The van der Waals surface area contributed by atoms with Gasteiger partial charge in [-0.1, -0.05) is 19.8 Å². The second-order valence-electron chi connectivity index (χ2n) is 8.03. The zero-order valence-electron chi connectivity index (χ0n) is 14.9.